The zero-order chi connectivity index (χ0) is 15.8. The van der Waals surface area contributed by atoms with Gasteiger partial charge in [0, 0.05) is 11.9 Å². The zero-order valence-electron chi connectivity index (χ0n) is 12.6. The molecule has 2 rings (SSSR count). The largest absolute Gasteiger partial charge is 0.398 e. The molecule has 2 aromatic rings. The van der Waals surface area contributed by atoms with E-state index in [0.29, 0.717) is 22.5 Å². The van der Waals surface area contributed by atoms with Crippen LogP contribution in [0.5, 0.6) is 0 Å². The number of nitrogens with two attached hydrogens (primary N) is 1. The summed E-state index contributed by atoms with van der Waals surface area (Å²) in [6, 6.07) is 3.54. The third kappa shape index (κ3) is 2.85. The molecule has 0 atom stereocenters. The number of sulfonamides is 1. The Bertz CT molecular complexity index is 799. The number of nitrogens with one attached hydrogen (secondary N) is 1. The molecule has 0 bridgehead atoms. The highest BCUT2D eigenvalue weighted by atomic mass is 32.2. The van der Waals surface area contributed by atoms with E-state index in [0.717, 1.165) is 11.1 Å². The molecule has 0 saturated carbocycles. The highest BCUT2D eigenvalue weighted by Gasteiger charge is 2.22. The number of aromatic nitrogens is 1. The van der Waals surface area contributed by atoms with E-state index in [-0.39, 0.29) is 4.90 Å². The molecule has 5 nitrogen and oxygen atoms in total. The number of anilines is 2. The lowest BCUT2D eigenvalue weighted by Crippen LogP contribution is -2.17. The maximum atomic E-state index is 12.7. The van der Waals surface area contributed by atoms with Crippen LogP contribution in [0.15, 0.2) is 29.4 Å². The summed E-state index contributed by atoms with van der Waals surface area (Å²) in [6.45, 7) is 7.18. The molecular weight excluding hydrogens is 286 g/mol. The smallest absolute Gasteiger partial charge is 0.262 e. The minimum Gasteiger partial charge on any atom is -0.398 e. The molecule has 0 aliphatic heterocycles. The molecule has 0 saturated heterocycles. The maximum absolute atomic E-state index is 12.7. The van der Waals surface area contributed by atoms with Crippen LogP contribution < -0.4 is 10.5 Å². The molecule has 0 aliphatic rings. The second-order valence-electron chi connectivity index (χ2n) is 5.17. The standard InChI is InChI=1S/C15H19N3O2S/c1-9-5-6-17-8-13(9)18-21(19,20)15-11(3)7-10(2)14(16)12(15)4/h5-8,18H,16H2,1-4H3. The van der Waals surface area contributed by atoms with Gasteiger partial charge in [-0.1, -0.05) is 6.07 Å². The Morgan fingerprint density at radius 2 is 1.76 bits per heavy atom. The van der Waals surface area contributed by atoms with Crippen LogP contribution in [0.3, 0.4) is 0 Å². The predicted octanol–water partition coefficient (Wildman–Crippen LogP) is 2.70. The van der Waals surface area contributed by atoms with Crippen LogP contribution >= 0.6 is 0 Å². The number of hydrogen-bond donors (Lipinski definition) is 2. The van der Waals surface area contributed by atoms with Crippen LogP contribution in [-0.2, 0) is 10.0 Å². The Labute approximate surface area is 125 Å². The fourth-order valence-corrected chi connectivity index (χ4v) is 3.96. The fourth-order valence-electron chi connectivity index (χ4n) is 2.36. The first-order valence-electron chi connectivity index (χ1n) is 6.53. The third-order valence-corrected chi connectivity index (χ3v) is 5.17. The van der Waals surface area contributed by atoms with E-state index in [4.69, 9.17) is 5.73 Å². The van der Waals surface area contributed by atoms with Gasteiger partial charge in [-0.15, -0.1) is 0 Å². The second-order valence-corrected chi connectivity index (χ2v) is 6.79. The van der Waals surface area contributed by atoms with Crippen molar-refractivity contribution in [1.29, 1.82) is 0 Å². The lowest BCUT2D eigenvalue weighted by molar-refractivity contribution is 0.600. The van der Waals surface area contributed by atoms with Gasteiger partial charge in [0.1, 0.15) is 0 Å². The van der Waals surface area contributed by atoms with Gasteiger partial charge >= 0.3 is 0 Å². The van der Waals surface area contributed by atoms with Crippen molar-refractivity contribution in [3.63, 3.8) is 0 Å². The van der Waals surface area contributed by atoms with Crippen LogP contribution in [0.25, 0.3) is 0 Å². The lowest BCUT2D eigenvalue weighted by atomic mass is 10.1. The van der Waals surface area contributed by atoms with Crippen LogP contribution in [-0.4, -0.2) is 13.4 Å². The van der Waals surface area contributed by atoms with Crippen molar-refractivity contribution < 1.29 is 8.42 Å². The van der Waals surface area contributed by atoms with Gasteiger partial charge in [-0.05, 0) is 56.0 Å². The zero-order valence-corrected chi connectivity index (χ0v) is 13.4. The monoisotopic (exact) mass is 305 g/mol. The van der Waals surface area contributed by atoms with Gasteiger partial charge in [-0.3, -0.25) is 9.71 Å². The Morgan fingerprint density at radius 3 is 2.38 bits per heavy atom. The van der Waals surface area contributed by atoms with E-state index in [2.05, 4.69) is 9.71 Å². The second kappa shape index (κ2) is 5.37. The topological polar surface area (TPSA) is 85.1 Å². The molecule has 0 spiro atoms. The number of pyridine rings is 1. The number of rotatable bonds is 3. The van der Waals surface area contributed by atoms with E-state index in [9.17, 15) is 8.42 Å². The summed E-state index contributed by atoms with van der Waals surface area (Å²) in [5.74, 6) is 0. The van der Waals surface area contributed by atoms with Gasteiger partial charge < -0.3 is 5.73 Å². The molecule has 0 fully saturated rings. The van der Waals surface area contributed by atoms with Gasteiger partial charge in [0.25, 0.3) is 10.0 Å². The maximum Gasteiger partial charge on any atom is 0.262 e. The third-order valence-electron chi connectivity index (χ3n) is 3.51. The minimum absolute atomic E-state index is 0.230. The Morgan fingerprint density at radius 1 is 1.10 bits per heavy atom. The van der Waals surface area contributed by atoms with E-state index >= 15 is 0 Å². The summed E-state index contributed by atoms with van der Waals surface area (Å²) >= 11 is 0. The average Bonchev–Trinajstić information content (AvgIpc) is 2.38. The number of nitrogen functional groups attached to an aromatic ring is 1. The highest BCUT2D eigenvalue weighted by Crippen LogP contribution is 2.29. The van der Waals surface area contributed by atoms with E-state index in [1.165, 1.54) is 6.20 Å². The number of aryl methyl sites for hydroxylation is 3. The van der Waals surface area contributed by atoms with Crippen LogP contribution in [0.1, 0.15) is 22.3 Å². The molecule has 1 aromatic heterocycles. The Hall–Kier alpha value is -2.08. The van der Waals surface area contributed by atoms with Gasteiger partial charge in [-0.25, -0.2) is 8.42 Å². The van der Waals surface area contributed by atoms with Gasteiger partial charge in [0.2, 0.25) is 0 Å². The summed E-state index contributed by atoms with van der Waals surface area (Å²) in [4.78, 5) is 4.18. The van der Waals surface area contributed by atoms with E-state index in [1.54, 1.807) is 32.2 Å². The van der Waals surface area contributed by atoms with E-state index in [1.807, 2.05) is 13.8 Å². The average molecular weight is 305 g/mol. The summed E-state index contributed by atoms with van der Waals surface area (Å²) in [5.41, 5.74) is 9.87. The number of nitrogens with zero attached hydrogens (tertiary/aromatic N) is 1. The first-order chi connectivity index (χ1) is 9.74. The van der Waals surface area contributed by atoms with Crippen molar-refractivity contribution in [1.82, 2.24) is 4.98 Å². The molecule has 0 aliphatic carbocycles. The summed E-state index contributed by atoms with van der Waals surface area (Å²) in [6.07, 6.45) is 3.11. The molecular formula is C15H19N3O2S. The summed E-state index contributed by atoms with van der Waals surface area (Å²) < 4.78 is 27.9. The molecule has 112 valence electrons. The predicted molar refractivity (Wildman–Crippen MR) is 84.8 cm³/mol. The SMILES string of the molecule is Cc1ccncc1NS(=O)(=O)c1c(C)cc(C)c(N)c1C. The Balaban J connectivity index is 2.56. The van der Waals surface area contributed by atoms with Crippen molar-refractivity contribution in [2.24, 2.45) is 0 Å². The molecule has 0 amide bonds. The molecule has 1 heterocycles. The minimum atomic E-state index is -3.71. The first kappa shape index (κ1) is 15.3. The number of benzene rings is 1. The van der Waals surface area contributed by atoms with Crippen molar-refractivity contribution >= 4 is 21.4 Å². The van der Waals surface area contributed by atoms with Crippen molar-refractivity contribution in [2.45, 2.75) is 32.6 Å². The molecule has 6 heteroatoms. The van der Waals surface area contributed by atoms with Gasteiger partial charge in [-0.2, -0.15) is 0 Å². The van der Waals surface area contributed by atoms with Crippen molar-refractivity contribution in [3.05, 3.63) is 46.8 Å². The molecule has 3 N–H and O–H groups in total. The summed E-state index contributed by atoms with van der Waals surface area (Å²) in [7, 11) is -3.71. The van der Waals surface area contributed by atoms with Crippen LogP contribution in [0, 0.1) is 27.7 Å². The highest BCUT2D eigenvalue weighted by molar-refractivity contribution is 7.92. The van der Waals surface area contributed by atoms with Crippen molar-refractivity contribution in [3.8, 4) is 0 Å². The first-order valence-corrected chi connectivity index (χ1v) is 8.02. The molecule has 0 radical (unpaired) electrons. The van der Waals surface area contributed by atoms with Gasteiger partial charge in [0.15, 0.2) is 0 Å². The molecule has 0 unspecified atom stereocenters. The molecule has 1 aromatic carbocycles. The Kier molecular flexibility index (Phi) is 3.91. The summed E-state index contributed by atoms with van der Waals surface area (Å²) in [5, 5.41) is 0. The quantitative estimate of drug-likeness (QED) is 0.854. The van der Waals surface area contributed by atoms with Gasteiger partial charge in [0.05, 0.1) is 16.8 Å². The van der Waals surface area contributed by atoms with Crippen molar-refractivity contribution in [2.75, 3.05) is 10.5 Å². The van der Waals surface area contributed by atoms with Crippen LogP contribution in [0.4, 0.5) is 11.4 Å². The fraction of sp³-hybridized carbons (Fsp3) is 0.267. The lowest BCUT2D eigenvalue weighted by Gasteiger charge is -2.16. The van der Waals surface area contributed by atoms with Crippen LogP contribution in [0.2, 0.25) is 0 Å². The number of hydrogen-bond acceptors (Lipinski definition) is 4. The molecule has 21 heavy (non-hydrogen) atoms. The normalized spacial score (nSPS) is 11.4. The van der Waals surface area contributed by atoms with E-state index < -0.39 is 10.0 Å².